The Morgan fingerprint density at radius 1 is 1.62 bits per heavy atom. The summed E-state index contributed by atoms with van der Waals surface area (Å²) >= 11 is 5.15. The maximum atomic E-state index is 11.3. The molecule has 0 aliphatic carbocycles. The number of methoxy groups -OCH3 is 1. The molecular weight excluding hydrogens is 290 g/mol. The SMILES string of the molecule is CCC(NCCc1ccc(Br)s1)C(=O)OC. The molecule has 1 N–H and O–H groups in total. The molecule has 1 atom stereocenters. The van der Waals surface area contributed by atoms with E-state index >= 15 is 0 Å². The van der Waals surface area contributed by atoms with Crippen molar-refractivity contribution in [2.24, 2.45) is 0 Å². The standard InChI is InChI=1S/C11H16BrNO2S/c1-3-9(11(14)15-2)13-7-6-8-4-5-10(12)16-8/h4-5,9,13H,3,6-7H2,1-2H3. The highest BCUT2D eigenvalue weighted by atomic mass is 79.9. The first-order chi connectivity index (χ1) is 7.67. The van der Waals surface area contributed by atoms with E-state index in [2.05, 4.69) is 27.3 Å². The number of halogens is 1. The van der Waals surface area contributed by atoms with Gasteiger partial charge in [-0.3, -0.25) is 4.79 Å². The molecule has 16 heavy (non-hydrogen) atoms. The Morgan fingerprint density at radius 3 is 2.88 bits per heavy atom. The molecule has 90 valence electrons. The number of ether oxygens (including phenoxy) is 1. The number of hydrogen-bond donors (Lipinski definition) is 1. The van der Waals surface area contributed by atoms with Gasteiger partial charge in [0.25, 0.3) is 0 Å². The minimum absolute atomic E-state index is 0.185. The largest absolute Gasteiger partial charge is 0.468 e. The van der Waals surface area contributed by atoms with Crippen LogP contribution in [-0.2, 0) is 16.0 Å². The van der Waals surface area contributed by atoms with Crippen LogP contribution in [0.1, 0.15) is 18.2 Å². The van der Waals surface area contributed by atoms with E-state index in [9.17, 15) is 4.79 Å². The van der Waals surface area contributed by atoms with Crippen molar-refractivity contribution < 1.29 is 9.53 Å². The fourth-order valence-electron chi connectivity index (χ4n) is 1.39. The lowest BCUT2D eigenvalue weighted by Gasteiger charge is -2.13. The van der Waals surface area contributed by atoms with E-state index in [0.29, 0.717) is 0 Å². The van der Waals surface area contributed by atoms with Gasteiger partial charge in [0.2, 0.25) is 0 Å². The third-order valence-electron chi connectivity index (χ3n) is 2.28. The zero-order chi connectivity index (χ0) is 12.0. The van der Waals surface area contributed by atoms with Crippen molar-refractivity contribution in [2.75, 3.05) is 13.7 Å². The van der Waals surface area contributed by atoms with Crippen molar-refractivity contribution in [3.05, 3.63) is 20.8 Å². The van der Waals surface area contributed by atoms with Crippen molar-refractivity contribution in [2.45, 2.75) is 25.8 Å². The third kappa shape index (κ3) is 4.23. The number of thiophene rings is 1. The van der Waals surface area contributed by atoms with Crippen LogP contribution in [-0.4, -0.2) is 25.7 Å². The molecule has 0 saturated heterocycles. The Hall–Kier alpha value is -0.390. The van der Waals surface area contributed by atoms with Crippen molar-refractivity contribution >= 4 is 33.2 Å². The molecule has 1 aromatic heterocycles. The molecule has 1 unspecified atom stereocenters. The smallest absolute Gasteiger partial charge is 0.322 e. The summed E-state index contributed by atoms with van der Waals surface area (Å²) in [5.74, 6) is -0.185. The van der Waals surface area contributed by atoms with Gasteiger partial charge in [0.15, 0.2) is 0 Å². The van der Waals surface area contributed by atoms with Crippen molar-refractivity contribution in [1.29, 1.82) is 0 Å². The van der Waals surface area contributed by atoms with E-state index in [0.717, 1.165) is 23.2 Å². The maximum Gasteiger partial charge on any atom is 0.322 e. The molecule has 0 aliphatic rings. The van der Waals surface area contributed by atoms with Gasteiger partial charge in [0.05, 0.1) is 10.9 Å². The Kier molecular flexibility index (Phi) is 6.01. The molecule has 3 nitrogen and oxygen atoms in total. The first kappa shape index (κ1) is 13.7. The zero-order valence-corrected chi connectivity index (χ0v) is 11.9. The van der Waals surface area contributed by atoms with Crippen LogP contribution >= 0.6 is 27.3 Å². The second-order valence-corrected chi connectivity index (χ2v) is 5.94. The van der Waals surface area contributed by atoms with E-state index in [1.54, 1.807) is 11.3 Å². The van der Waals surface area contributed by atoms with E-state index in [4.69, 9.17) is 4.74 Å². The highest BCUT2D eigenvalue weighted by molar-refractivity contribution is 9.11. The summed E-state index contributed by atoms with van der Waals surface area (Å²) in [6.45, 7) is 2.76. The minimum Gasteiger partial charge on any atom is -0.468 e. The molecule has 0 radical (unpaired) electrons. The van der Waals surface area contributed by atoms with Gasteiger partial charge in [0, 0.05) is 11.4 Å². The van der Waals surface area contributed by atoms with Gasteiger partial charge in [-0.1, -0.05) is 6.92 Å². The summed E-state index contributed by atoms with van der Waals surface area (Å²) in [5.41, 5.74) is 0. The quantitative estimate of drug-likeness (QED) is 0.821. The number of nitrogens with one attached hydrogen (secondary N) is 1. The second kappa shape index (κ2) is 7.04. The van der Waals surface area contributed by atoms with Crippen LogP contribution in [0.3, 0.4) is 0 Å². The lowest BCUT2D eigenvalue weighted by atomic mass is 10.2. The summed E-state index contributed by atoms with van der Waals surface area (Å²) < 4.78 is 5.84. The molecule has 0 saturated carbocycles. The summed E-state index contributed by atoms with van der Waals surface area (Å²) in [5, 5.41) is 3.19. The van der Waals surface area contributed by atoms with Crippen LogP contribution in [0.5, 0.6) is 0 Å². The summed E-state index contributed by atoms with van der Waals surface area (Å²) in [7, 11) is 1.42. The fraction of sp³-hybridized carbons (Fsp3) is 0.545. The van der Waals surface area contributed by atoms with Gasteiger partial charge in [-0.15, -0.1) is 11.3 Å². The number of carbonyl (C=O) groups is 1. The third-order valence-corrected chi connectivity index (χ3v) is 3.97. The van der Waals surface area contributed by atoms with Crippen molar-refractivity contribution in [3.8, 4) is 0 Å². The van der Waals surface area contributed by atoms with Crippen LogP contribution in [0.15, 0.2) is 15.9 Å². The highest BCUT2D eigenvalue weighted by Crippen LogP contribution is 2.22. The normalized spacial score (nSPS) is 12.4. The first-order valence-corrected chi connectivity index (χ1v) is 6.83. The second-order valence-electron chi connectivity index (χ2n) is 3.39. The summed E-state index contributed by atoms with van der Waals surface area (Å²) in [6.07, 6.45) is 1.69. The van der Waals surface area contributed by atoms with E-state index in [1.807, 2.05) is 13.0 Å². The van der Waals surface area contributed by atoms with Crippen LogP contribution in [0.25, 0.3) is 0 Å². The molecular formula is C11H16BrNO2S. The average molecular weight is 306 g/mol. The van der Waals surface area contributed by atoms with Gasteiger partial charge in [-0.05, 0) is 40.9 Å². The van der Waals surface area contributed by atoms with E-state index < -0.39 is 0 Å². The Bertz CT molecular complexity index is 340. The number of rotatable bonds is 6. The monoisotopic (exact) mass is 305 g/mol. The van der Waals surface area contributed by atoms with Gasteiger partial charge >= 0.3 is 5.97 Å². The van der Waals surface area contributed by atoms with Crippen molar-refractivity contribution in [1.82, 2.24) is 5.32 Å². The van der Waals surface area contributed by atoms with Gasteiger partial charge in [0.1, 0.15) is 6.04 Å². The molecule has 0 aromatic carbocycles. The topological polar surface area (TPSA) is 38.3 Å². The van der Waals surface area contributed by atoms with Crippen LogP contribution in [0, 0.1) is 0 Å². The fourth-order valence-corrected chi connectivity index (χ4v) is 2.87. The lowest BCUT2D eigenvalue weighted by Crippen LogP contribution is -2.38. The molecule has 0 aliphatic heterocycles. The Balaban J connectivity index is 2.31. The predicted molar refractivity (Wildman–Crippen MR) is 69.8 cm³/mol. The van der Waals surface area contributed by atoms with Gasteiger partial charge in [-0.2, -0.15) is 0 Å². The van der Waals surface area contributed by atoms with Crippen LogP contribution in [0.4, 0.5) is 0 Å². The number of esters is 1. The predicted octanol–water partition coefficient (Wildman–Crippen LogP) is 2.59. The molecule has 0 fully saturated rings. The molecule has 0 bridgehead atoms. The highest BCUT2D eigenvalue weighted by Gasteiger charge is 2.15. The molecule has 1 aromatic rings. The van der Waals surface area contributed by atoms with Crippen LogP contribution in [0.2, 0.25) is 0 Å². The van der Waals surface area contributed by atoms with Gasteiger partial charge < -0.3 is 10.1 Å². The maximum absolute atomic E-state index is 11.3. The minimum atomic E-state index is -0.187. The Labute approximate surface area is 108 Å². The number of hydrogen-bond acceptors (Lipinski definition) is 4. The average Bonchev–Trinajstić information content (AvgIpc) is 2.69. The van der Waals surface area contributed by atoms with E-state index in [1.165, 1.54) is 12.0 Å². The first-order valence-electron chi connectivity index (χ1n) is 5.22. The van der Waals surface area contributed by atoms with E-state index in [-0.39, 0.29) is 12.0 Å². The number of carbonyl (C=O) groups excluding carboxylic acids is 1. The Morgan fingerprint density at radius 2 is 2.38 bits per heavy atom. The summed E-state index contributed by atoms with van der Waals surface area (Å²) in [4.78, 5) is 12.6. The molecule has 1 rings (SSSR count). The van der Waals surface area contributed by atoms with Gasteiger partial charge in [-0.25, -0.2) is 0 Å². The summed E-state index contributed by atoms with van der Waals surface area (Å²) in [6, 6.07) is 3.95. The van der Waals surface area contributed by atoms with Crippen LogP contribution < -0.4 is 5.32 Å². The molecule has 0 amide bonds. The lowest BCUT2D eigenvalue weighted by molar-refractivity contribution is -0.143. The molecule has 0 spiro atoms. The molecule has 5 heteroatoms. The zero-order valence-electron chi connectivity index (χ0n) is 9.46. The van der Waals surface area contributed by atoms with Crippen molar-refractivity contribution in [3.63, 3.8) is 0 Å². The molecule has 1 heterocycles.